The fourth-order valence-electron chi connectivity index (χ4n) is 1.59. The molecule has 2 rings (SSSR count). The summed E-state index contributed by atoms with van der Waals surface area (Å²) < 4.78 is 28.2. The van der Waals surface area contributed by atoms with Crippen LogP contribution in [0, 0.1) is 11.6 Å². The quantitative estimate of drug-likeness (QED) is 0.905. The lowest BCUT2D eigenvalue weighted by molar-refractivity contribution is 0.504. The summed E-state index contributed by atoms with van der Waals surface area (Å²) in [7, 11) is 0. The third-order valence-electron chi connectivity index (χ3n) is 2.54. The molecular weight excluding hydrogens is 236 g/mol. The van der Waals surface area contributed by atoms with Gasteiger partial charge in [-0.1, -0.05) is 19.9 Å². The Labute approximate surface area is 104 Å². The van der Waals surface area contributed by atoms with Crippen molar-refractivity contribution < 1.29 is 8.78 Å². The summed E-state index contributed by atoms with van der Waals surface area (Å²) in [4.78, 5) is 4.15. The van der Waals surface area contributed by atoms with Crippen LogP contribution in [0.2, 0.25) is 0 Å². The van der Waals surface area contributed by atoms with Crippen molar-refractivity contribution in [3.63, 3.8) is 0 Å². The van der Waals surface area contributed by atoms with Gasteiger partial charge in [0, 0.05) is 18.8 Å². The van der Waals surface area contributed by atoms with Crippen LogP contribution in [0.4, 0.5) is 8.78 Å². The van der Waals surface area contributed by atoms with Gasteiger partial charge in [0.2, 0.25) is 0 Å². The molecule has 1 N–H and O–H groups in total. The highest BCUT2D eigenvalue weighted by Gasteiger charge is 2.10. The van der Waals surface area contributed by atoms with E-state index in [-0.39, 0.29) is 5.69 Å². The minimum atomic E-state index is -0.863. The second-order valence-electron chi connectivity index (χ2n) is 4.38. The van der Waals surface area contributed by atoms with Crippen LogP contribution in [-0.4, -0.2) is 15.6 Å². The molecule has 0 spiro atoms. The molecule has 0 aliphatic heterocycles. The number of halogens is 2. The Morgan fingerprint density at radius 1 is 1.33 bits per heavy atom. The molecule has 0 saturated heterocycles. The molecule has 1 aromatic carbocycles. The average Bonchev–Trinajstić information content (AvgIpc) is 2.78. The van der Waals surface area contributed by atoms with Gasteiger partial charge in [-0.25, -0.2) is 13.8 Å². The Balaban J connectivity index is 2.21. The van der Waals surface area contributed by atoms with Gasteiger partial charge in [0.25, 0.3) is 0 Å². The highest BCUT2D eigenvalue weighted by atomic mass is 19.2. The lowest BCUT2D eigenvalue weighted by atomic mass is 10.3. The fraction of sp³-hybridized carbons (Fsp3) is 0.308. The van der Waals surface area contributed by atoms with Crippen molar-refractivity contribution in [2.24, 2.45) is 0 Å². The van der Waals surface area contributed by atoms with E-state index in [0.717, 1.165) is 11.8 Å². The molecule has 0 bridgehead atoms. The summed E-state index contributed by atoms with van der Waals surface area (Å²) in [5.74, 6) is -1.72. The number of aromatic nitrogens is 2. The van der Waals surface area contributed by atoms with Crippen molar-refractivity contribution in [1.82, 2.24) is 14.9 Å². The predicted octanol–water partition coefficient (Wildman–Crippen LogP) is 2.65. The number of rotatable bonds is 4. The van der Waals surface area contributed by atoms with Crippen LogP contribution in [0.25, 0.3) is 5.69 Å². The molecule has 96 valence electrons. The van der Waals surface area contributed by atoms with Crippen LogP contribution in [-0.2, 0) is 6.54 Å². The van der Waals surface area contributed by atoms with E-state index in [1.807, 2.05) is 13.8 Å². The van der Waals surface area contributed by atoms with Gasteiger partial charge in [-0.2, -0.15) is 0 Å². The van der Waals surface area contributed by atoms with Gasteiger partial charge in [0.05, 0.1) is 17.7 Å². The fourth-order valence-corrected chi connectivity index (χ4v) is 1.59. The predicted molar refractivity (Wildman–Crippen MR) is 65.5 cm³/mol. The van der Waals surface area contributed by atoms with E-state index in [9.17, 15) is 8.78 Å². The maximum absolute atomic E-state index is 13.6. The first-order valence-corrected chi connectivity index (χ1v) is 5.78. The molecule has 1 aromatic heterocycles. The third kappa shape index (κ3) is 2.73. The Kier molecular flexibility index (Phi) is 3.72. The number of benzene rings is 1. The molecule has 5 heteroatoms. The second-order valence-corrected chi connectivity index (χ2v) is 4.38. The van der Waals surface area contributed by atoms with Crippen molar-refractivity contribution in [2.75, 3.05) is 0 Å². The molecule has 0 saturated carbocycles. The zero-order chi connectivity index (χ0) is 13.1. The highest BCUT2D eigenvalue weighted by Crippen LogP contribution is 2.16. The van der Waals surface area contributed by atoms with Crippen LogP contribution in [0.5, 0.6) is 0 Å². The zero-order valence-corrected chi connectivity index (χ0v) is 10.3. The van der Waals surface area contributed by atoms with Crippen molar-refractivity contribution >= 4 is 0 Å². The summed E-state index contributed by atoms with van der Waals surface area (Å²) in [6.45, 7) is 4.66. The number of imidazole rings is 1. The van der Waals surface area contributed by atoms with E-state index in [4.69, 9.17) is 0 Å². The molecule has 0 unspecified atom stereocenters. The first-order chi connectivity index (χ1) is 8.58. The Morgan fingerprint density at radius 2 is 2.11 bits per heavy atom. The van der Waals surface area contributed by atoms with Crippen LogP contribution >= 0.6 is 0 Å². The summed E-state index contributed by atoms with van der Waals surface area (Å²) in [5.41, 5.74) is 0.950. The molecule has 18 heavy (non-hydrogen) atoms. The second kappa shape index (κ2) is 5.27. The van der Waals surface area contributed by atoms with Crippen LogP contribution in [0.3, 0.4) is 0 Å². The molecule has 0 atom stereocenters. The molecular formula is C13H15F2N3. The van der Waals surface area contributed by atoms with Crippen molar-refractivity contribution in [3.05, 3.63) is 48.1 Å². The van der Waals surface area contributed by atoms with Gasteiger partial charge in [-0.05, 0) is 12.1 Å². The Hall–Kier alpha value is -1.75. The maximum atomic E-state index is 13.6. The monoisotopic (exact) mass is 251 g/mol. The van der Waals surface area contributed by atoms with E-state index in [0.29, 0.717) is 12.6 Å². The van der Waals surface area contributed by atoms with E-state index < -0.39 is 11.6 Å². The summed E-state index contributed by atoms with van der Waals surface area (Å²) in [6.07, 6.45) is 3.17. The summed E-state index contributed by atoms with van der Waals surface area (Å²) >= 11 is 0. The standard InChI is InChI=1S/C13H15F2N3/c1-9(2)16-6-10-7-18(8-17-10)12-5-3-4-11(14)13(12)15/h3-5,7-9,16H,6H2,1-2H3. The molecule has 3 nitrogen and oxygen atoms in total. The summed E-state index contributed by atoms with van der Waals surface area (Å²) in [6, 6.07) is 4.43. The minimum Gasteiger partial charge on any atom is -0.309 e. The topological polar surface area (TPSA) is 29.9 Å². The normalized spacial score (nSPS) is 11.2. The van der Waals surface area contributed by atoms with Crippen LogP contribution in [0.1, 0.15) is 19.5 Å². The summed E-state index contributed by atoms with van der Waals surface area (Å²) in [5, 5.41) is 3.21. The zero-order valence-electron chi connectivity index (χ0n) is 10.3. The maximum Gasteiger partial charge on any atom is 0.182 e. The number of nitrogens with zero attached hydrogens (tertiary/aromatic N) is 2. The molecule has 1 heterocycles. The molecule has 0 aliphatic rings. The third-order valence-corrected chi connectivity index (χ3v) is 2.54. The van der Waals surface area contributed by atoms with E-state index in [1.165, 1.54) is 23.0 Å². The first-order valence-electron chi connectivity index (χ1n) is 5.78. The Morgan fingerprint density at radius 3 is 2.83 bits per heavy atom. The molecule has 2 aromatic rings. The lowest BCUT2D eigenvalue weighted by Crippen LogP contribution is -2.21. The number of hydrogen-bond donors (Lipinski definition) is 1. The van der Waals surface area contributed by atoms with Gasteiger partial charge >= 0.3 is 0 Å². The number of hydrogen-bond acceptors (Lipinski definition) is 2. The van der Waals surface area contributed by atoms with Gasteiger partial charge in [-0.15, -0.1) is 0 Å². The Bertz CT molecular complexity index is 535. The first kappa shape index (κ1) is 12.7. The molecule has 0 amide bonds. The van der Waals surface area contributed by atoms with E-state index in [1.54, 1.807) is 6.20 Å². The van der Waals surface area contributed by atoms with E-state index in [2.05, 4.69) is 10.3 Å². The van der Waals surface area contributed by atoms with Crippen molar-refractivity contribution in [2.45, 2.75) is 26.4 Å². The van der Waals surface area contributed by atoms with Gasteiger partial charge in [0.1, 0.15) is 0 Å². The molecule has 0 aliphatic carbocycles. The minimum absolute atomic E-state index is 0.165. The van der Waals surface area contributed by atoms with Gasteiger partial charge in [-0.3, -0.25) is 0 Å². The van der Waals surface area contributed by atoms with Crippen molar-refractivity contribution in [1.29, 1.82) is 0 Å². The smallest absolute Gasteiger partial charge is 0.182 e. The van der Waals surface area contributed by atoms with Gasteiger partial charge < -0.3 is 9.88 Å². The largest absolute Gasteiger partial charge is 0.309 e. The van der Waals surface area contributed by atoms with Crippen LogP contribution in [0.15, 0.2) is 30.7 Å². The lowest BCUT2D eigenvalue weighted by Gasteiger charge is -2.05. The SMILES string of the molecule is CC(C)NCc1cn(-c2cccc(F)c2F)cn1. The average molecular weight is 251 g/mol. The van der Waals surface area contributed by atoms with Gasteiger partial charge in [0.15, 0.2) is 11.6 Å². The highest BCUT2D eigenvalue weighted by molar-refractivity contribution is 5.34. The molecule has 0 radical (unpaired) electrons. The van der Waals surface area contributed by atoms with Crippen LogP contribution < -0.4 is 5.32 Å². The molecule has 0 fully saturated rings. The van der Waals surface area contributed by atoms with E-state index >= 15 is 0 Å². The van der Waals surface area contributed by atoms with Crippen molar-refractivity contribution in [3.8, 4) is 5.69 Å². The number of nitrogens with one attached hydrogen (secondary N) is 1.